The molecule has 152 valence electrons. The summed E-state index contributed by atoms with van der Waals surface area (Å²) >= 11 is 0. The number of fused-ring (bicyclic) bond motifs is 2. The minimum absolute atomic E-state index is 0.133. The summed E-state index contributed by atoms with van der Waals surface area (Å²) in [5.41, 5.74) is 0.789. The van der Waals surface area contributed by atoms with Crippen LogP contribution in [-0.2, 0) is 21.4 Å². The highest BCUT2D eigenvalue weighted by molar-refractivity contribution is 7.89. The predicted octanol–water partition coefficient (Wildman–Crippen LogP) is 2.84. The van der Waals surface area contributed by atoms with Crippen LogP contribution in [0.25, 0.3) is 0 Å². The second-order valence-corrected chi connectivity index (χ2v) is 9.44. The molecular formula is C22H25N3O3S. The van der Waals surface area contributed by atoms with E-state index in [1.54, 1.807) is 47.5 Å². The summed E-state index contributed by atoms with van der Waals surface area (Å²) in [5, 5.41) is 0. The van der Waals surface area contributed by atoms with E-state index in [1.165, 1.54) is 4.31 Å². The Bertz CT molecular complexity index is 979. The number of piperidine rings is 1. The first-order valence-corrected chi connectivity index (χ1v) is 11.4. The normalized spacial score (nSPS) is 25.4. The van der Waals surface area contributed by atoms with E-state index in [0.29, 0.717) is 19.5 Å². The zero-order valence-electron chi connectivity index (χ0n) is 16.2. The van der Waals surface area contributed by atoms with E-state index in [1.807, 2.05) is 18.2 Å². The van der Waals surface area contributed by atoms with E-state index in [9.17, 15) is 13.2 Å². The van der Waals surface area contributed by atoms with Crippen LogP contribution in [0.4, 0.5) is 0 Å². The lowest BCUT2D eigenvalue weighted by atomic mass is 9.90. The average Bonchev–Trinajstić information content (AvgIpc) is 2.82. The van der Waals surface area contributed by atoms with Crippen LogP contribution in [0.1, 0.15) is 25.0 Å². The van der Waals surface area contributed by atoms with Crippen molar-refractivity contribution in [3.05, 3.63) is 73.1 Å². The topological polar surface area (TPSA) is 70.6 Å². The molecule has 0 N–H and O–H groups in total. The van der Waals surface area contributed by atoms with Gasteiger partial charge in [-0.3, -0.25) is 9.78 Å². The smallest absolute Gasteiger partial charge is 0.244 e. The molecule has 0 radical (unpaired) electrons. The Kier molecular flexibility index (Phi) is 5.52. The molecule has 3 heterocycles. The molecule has 7 heteroatoms. The molecule has 2 saturated heterocycles. The third kappa shape index (κ3) is 3.72. The Morgan fingerprint density at radius 1 is 1.10 bits per heavy atom. The van der Waals surface area contributed by atoms with Crippen LogP contribution >= 0.6 is 0 Å². The fourth-order valence-electron chi connectivity index (χ4n) is 4.44. The Labute approximate surface area is 171 Å². The highest BCUT2D eigenvalue weighted by Crippen LogP contribution is 2.37. The highest BCUT2D eigenvalue weighted by Gasteiger charge is 2.49. The third-order valence-corrected chi connectivity index (χ3v) is 7.78. The standard InChI is InChI=1S/C22H25N3O3S/c1-2-17-15-24(16-18-9-6-7-14-23-18)22(26)21-13-8-12-20(17)25(21)29(27,28)19-10-4-3-5-11-19/h2-7,9-11,14,17,20-21H,1,8,12-13,15-16H2/t17-,20-,21+/m1/s1. The first-order chi connectivity index (χ1) is 14.0. The minimum Gasteiger partial charge on any atom is -0.335 e. The van der Waals surface area contributed by atoms with Gasteiger partial charge in [-0.25, -0.2) is 8.42 Å². The summed E-state index contributed by atoms with van der Waals surface area (Å²) in [6, 6.07) is 13.0. The van der Waals surface area contributed by atoms with E-state index < -0.39 is 16.1 Å². The van der Waals surface area contributed by atoms with E-state index in [-0.39, 0.29) is 22.8 Å². The molecule has 2 aliphatic heterocycles. The Hall–Kier alpha value is -2.51. The molecule has 2 aromatic rings. The monoisotopic (exact) mass is 411 g/mol. The van der Waals surface area contributed by atoms with Crippen LogP contribution in [0.5, 0.6) is 0 Å². The van der Waals surface area contributed by atoms with Gasteiger partial charge in [-0.2, -0.15) is 4.31 Å². The number of hydrogen-bond donors (Lipinski definition) is 0. The first kappa shape index (κ1) is 19.8. The van der Waals surface area contributed by atoms with Crippen LogP contribution in [0, 0.1) is 5.92 Å². The average molecular weight is 412 g/mol. The number of hydrogen-bond acceptors (Lipinski definition) is 4. The van der Waals surface area contributed by atoms with Crippen molar-refractivity contribution >= 4 is 15.9 Å². The molecule has 0 unspecified atom stereocenters. The molecule has 2 fully saturated rings. The quantitative estimate of drug-likeness (QED) is 0.710. The summed E-state index contributed by atoms with van der Waals surface area (Å²) < 4.78 is 28.5. The number of carbonyl (C=O) groups is 1. The summed E-state index contributed by atoms with van der Waals surface area (Å²) in [6.45, 7) is 4.77. The third-order valence-electron chi connectivity index (χ3n) is 5.83. The number of pyridine rings is 1. The van der Waals surface area contributed by atoms with Crippen molar-refractivity contribution in [2.45, 2.75) is 42.8 Å². The van der Waals surface area contributed by atoms with Gasteiger partial charge < -0.3 is 4.90 Å². The second-order valence-electron chi connectivity index (χ2n) is 7.60. The fourth-order valence-corrected chi connectivity index (χ4v) is 6.33. The van der Waals surface area contributed by atoms with Crippen molar-refractivity contribution in [2.75, 3.05) is 6.54 Å². The van der Waals surface area contributed by atoms with Gasteiger partial charge in [0.25, 0.3) is 0 Å². The van der Waals surface area contributed by atoms with Crippen molar-refractivity contribution in [1.29, 1.82) is 0 Å². The maximum absolute atomic E-state index is 13.5. The number of aromatic nitrogens is 1. The number of sulfonamides is 1. The first-order valence-electron chi connectivity index (χ1n) is 9.92. The zero-order valence-corrected chi connectivity index (χ0v) is 17.0. The van der Waals surface area contributed by atoms with Crippen molar-refractivity contribution in [2.24, 2.45) is 5.92 Å². The lowest BCUT2D eigenvalue weighted by molar-refractivity contribution is -0.135. The predicted molar refractivity (Wildman–Crippen MR) is 110 cm³/mol. The van der Waals surface area contributed by atoms with Crippen molar-refractivity contribution in [3.63, 3.8) is 0 Å². The number of nitrogens with zero attached hydrogens (tertiary/aromatic N) is 3. The van der Waals surface area contributed by atoms with Gasteiger partial charge in [0.05, 0.1) is 17.1 Å². The number of carbonyl (C=O) groups excluding carboxylic acids is 1. The molecule has 6 nitrogen and oxygen atoms in total. The lowest BCUT2D eigenvalue weighted by Gasteiger charge is -2.40. The van der Waals surface area contributed by atoms with Crippen LogP contribution < -0.4 is 0 Å². The van der Waals surface area contributed by atoms with Crippen molar-refractivity contribution < 1.29 is 13.2 Å². The molecule has 1 amide bonds. The van der Waals surface area contributed by atoms with Gasteiger partial charge in [-0.15, -0.1) is 6.58 Å². The van der Waals surface area contributed by atoms with Crippen LogP contribution in [0.15, 0.2) is 72.3 Å². The summed E-state index contributed by atoms with van der Waals surface area (Å²) in [6.07, 6.45) is 5.58. The molecule has 1 aromatic heterocycles. The molecule has 0 spiro atoms. The van der Waals surface area contributed by atoms with Crippen LogP contribution in [0.2, 0.25) is 0 Å². The van der Waals surface area contributed by atoms with E-state index in [4.69, 9.17) is 0 Å². The molecular weight excluding hydrogens is 386 g/mol. The molecule has 3 atom stereocenters. The van der Waals surface area contributed by atoms with Gasteiger partial charge in [0.1, 0.15) is 6.04 Å². The molecule has 1 aromatic carbocycles. The summed E-state index contributed by atoms with van der Waals surface area (Å²) in [7, 11) is -3.79. The molecule has 2 aliphatic rings. The van der Waals surface area contributed by atoms with E-state index in [0.717, 1.165) is 18.5 Å². The van der Waals surface area contributed by atoms with Gasteiger partial charge in [0, 0.05) is 24.7 Å². The van der Waals surface area contributed by atoms with Gasteiger partial charge >= 0.3 is 0 Å². The second kappa shape index (κ2) is 8.08. The number of rotatable bonds is 5. The van der Waals surface area contributed by atoms with Crippen LogP contribution in [-0.4, -0.2) is 47.1 Å². The molecule has 0 aliphatic carbocycles. The zero-order chi connectivity index (χ0) is 20.4. The van der Waals surface area contributed by atoms with Crippen LogP contribution in [0.3, 0.4) is 0 Å². The van der Waals surface area contributed by atoms with Gasteiger partial charge in [0.15, 0.2) is 0 Å². The Morgan fingerprint density at radius 3 is 2.55 bits per heavy atom. The number of benzene rings is 1. The summed E-state index contributed by atoms with van der Waals surface area (Å²) in [4.78, 5) is 19.8. The molecule has 0 saturated carbocycles. The molecule has 4 rings (SSSR count). The van der Waals surface area contributed by atoms with Gasteiger partial charge in [0.2, 0.25) is 15.9 Å². The maximum atomic E-state index is 13.5. The fraction of sp³-hybridized carbons (Fsp3) is 0.364. The maximum Gasteiger partial charge on any atom is 0.244 e. The Morgan fingerprint density at radius 2 is 1.86 bits per heavy atom. The SMILES string of the molecule is C=C[C@@H]1CN(Cc2ccccn2)C(=O)[C@@H]2CCC[C@H]1N2S(=O)(=O)c1ccccc1. The van der Waals surface area contributed by atoms with Gasteiger partial charge in [-0.05, 0) is 43.5 Å². The molecule has 2 bridgehead atoms. The Balaban J connectivity index is 1.74. The van der Waals surface area contributed by atoms with Crippen molar-refractivity contribution in [3.8, 4) is 0 Å². The largest absolute Gasteiger partial charge is 0.335 e. The minimum atomic E-state index is -3.79. The van der Waals surface area contributed by atoms with E-state index in [2.05, 4.69) is 11.6 Å². The van der Waals surface area contributed by atoms with E-state index >= 15 is 0 Å². The summed E-state index contributed by atoms with van der Waals surface area (Å²) in [5.74, 6) is -0.282. The van der Waals surface area contributed by atoms with Gasteiger partial charge in [-0.1, -0.05) is 30.3 Å². The lowest BCUT2D eigenvalue weighted by Crippen LogP contribution is -2.54. The highest BCUT2D eigenvalue weighted by atomic mass is 32.2. The number of amides is 1. The van der Waals surface area contributed by atoms with Crippen molar-refractivity contribution in [1.82, 2.24) is 14.2 Å². The molecule has 29 heavy (non-hydrogen) atoms.